The number of benzene rings is 1. The third-order valence-electron chi connectivity index (χ3n) is 4.16. The van der Waals surface area contributed by atoms with Crippen LogP contribution in [0.25, 0.3) is 0 Å². The number of hydrogen-bond donors (Lipinski definition) is 2. The summed E-state index contributed by atoms with van der Waals surface area (Å²) in [7, 11) is 0. The van der Waals surface area contributed by atoms with Crippen molar-refractivity contribution >= 4 is 5.96 Å². The van der Waals surface area contributed by atoms with Gasteiger partial charge < -0.3 is 15.4 Å². The highest BCUT2D eigenvalue weighted by molar-refractivity contribution is 5.80. The maximum Gasteiger partial charge on any atom is 0.191 e. The molecule has 1 aromatic rings. The van der Waals surface area contributed by atoms with E-state index in [1.54, 1.807) is 0 Å². The van der Waals surface area contributed by atoms with Gasteiger partial charge in [0.2, 0.25) is 0 Å². The molecule has 0 spiro atoms. The molecule has 22 heavy (non-hydrogen) atoms. The van der Waals surface area contributed by atoms with E-state index in [-0.39, 0.29) is 0 Å². The predicted octanol–water partition coefficient (Wildman–Crippen LogP) is 1.60. The molecular weight excluding hydrogens is 276 g/mol. The fourth-order valence-corrected chi connectivity index (χ4v) is 2.84. The first-order valence-electron chi connectivity index (χ1n) is 8.36. The second-order valence-electron chi connectivity index (χ2n) is 5.91. The van der Waals surface area contributed by atoms with Crippen LogP contribution < -0.4 is 15.4 Å². The van der Waals surface area contributed by atoms with Crippen LogP contribution in [0.4, 0.5) is 0 Å². The average molecular weight is 302 g/mol. The smallest absolute Gasteiger partial charge is 0.191 e. The Hall–Kier alpha value is -1.75. The van der Waals surface area contributed by atoms with Gasteiger partial charge in [0.1, 0.15) is 12.4 Å². The Labute approximate surface area is 132 Å². The van der Waals surface area contributed by atoms with Gasteiger partial charge >= 0.3 is 0 Å². The SMILES string of the molecule is c1cc(OCCN2CCCC2)ccc1CNC1=NCCCN1. The van der Waals surface area contributed by atoms with E-state index in [9.17, 15) is 0 Å². The molecular formula is C17H26N4O. The first kappa shape index (κ1) is 15.2. The molecule has 0 aliphatic carbocycles. The molecule has 0 saturated carbocycles. The van der Waals surface area contributed by atoms with Crippen molar-refractivity contribution in [3.63, 3.8) is 0 Å². The van der Waals surface area contributed by atoms with Gasteiger partial charge in [0.25, 0.3) is 0 Å². The quantitative estimate of drug-likeness (QED) is 0.838. The molecule has 1 aromatic carbocycles. The topological polar surface area (TPSA) is 48.9 Å². The summed E-state index contributed by atoms with van der Waals surface area (Å²) >= 11 is 0. The van der Waals surface area contributed by atoms with Crippen molar-refractivity contribution in [1.29, 1.82) is 0 Å². The van der Waals surface area contributed by atoms with Crippen LogP contribution in [0.3, 0.4) is 0 Å². The Morgan fingerprint density at radius 1 is 1.14 bits per heavy atom. The average Bonchev–Trinajstić information content (AvgIpc) is 3.08. The summed E-state index contributed by atoms with van der Waals surface area (Å²) in [5.74, 6) is 1.87. The Morgan fingerprint density at radius 2 is 1.95 bits per heavy atom. The zero-order valence-electron chi connectivity index (χ0n) is 13.2. The highest BCUT2D eigenvalue weighted by Gasteiger charge is 2.10. The van der Waals surface area contributed by atoms with Crippen LogP contribution >= 0.6 is 0 Å². The van der Waals surface area contributed by atoms with E-state index < -0.39 is 0 Å². The molecule has 1 fully saturated rings. The fraction of sp³-hybridized carbons (Fsp3) is 0.588. The Balaban J connectivity index is 1.38. The number of guanidine groups is 1. The minimum atomic E-state index is 0.776. The van der Waals surface area contributed by atoms with Gasteiger partial charge in [-0.1, -0.05) is 12.1 Å². The molecule has 2 aliphatic heterocycles. The van der Waals surface area contributed by atoms with Crippen molar-refractivity contribution in [1.82, 2.24) is 15.5 Å². The van der Waals surface area contributed by atoms with Gasteiger partial charge in [0.05, 0.1) is 0 Å². The van der Waals surface area contributed by atoms with E-state index in [0.717, 1.165) is 50.9 Å². The molecule has 5 heteroatoms. The van der Waals surface area contributed by atoms with Gasteiger partial charge in [-0.15, -0.1) is 0 Å². The number of rotatable bonds is 6. The molecule has 2 N–H and O–H groups in total. The largest absolute Gasteiger partial charge is 0.492 e. The molecule has 120 valence electrons. The van der Waals surface area contributed by atoms with Gasteiger partial charge in [-0.25, -0.2) is 0 Å². The van der Waals surface area contributed by atoms with Gasteiger partial charge in [-0.2, -0.15) is 0 Å². The lowest BCUT2D eigenvalue weighted by Gasteiger charge is -2.16. The molecule has 0 bridgehead atoms. The van der Waals surface area contributed by atoms with Crippen molar-refractivity contribution < 1.29 is 4.74 Å². The van der Waals surface area contributed by atoms with Crippen LogP contribution in [-0.2, 0) is 6.54 Å². The molecule has 1 saturated heterocycles. The molecule has 0 unspecified atom stereocenters. The number of nitrogens with one attached hydrogen (secondary N) is 2. The van der Waals surface area contributed by atoms with Crippen LogP contribution in [0.5, 0.6) is 5.75 Å². The second-order valence-corrected chi connectivity index (χ2v) is 5.91. The van der Waals surface area contributed by atoms with E-state index in [4.69, 9.17) is 4.74 Å². The summed E-state index contributed by atoms with van der Waals surface area (Å²) in [6, 6.07) is 8.33. The Kier molecular flexibility index (Phi) is 5.54. The van der Waals surface area contributed by atoms with Crippen molar-refractivity contribution in [3.8, 4) is 5.75 Å². The normalized spacial score (nSPS) is 18.6. The molecule has 0 amide bonds. The molecule has 0 atom stereocenters. The van der Waals surface area contributed by atoms with E-state index >= 15 is 0 Å². The maximum absolute atomic E-state index is 5.82. The lowest BCUT2D eigenvalue weighted by atomic mass is 10.2. The minimum absolute atomic E-state index is 0.776. The number of nitrogens with zero attached hydrogens (tertiary/aromatic N) is 2. The maximum atomic E-state index is 5.82. The zero-order valence-corrected chi connectivity index (χ0v) is 13.2. The van der Waals surface area contributed by atoms with Crippen LogP contribution in [0, 0.1) is 0 Å². The molecule has 2 heterocycles. The number of likely N-dealkylation sites (tertiary alicyclic amines) is 1. The van der Waals surface area contributed by atoms with Crippen molar-refractivity contribution in [2.45, 2.75) is 25.8 Å². The first-order chi connectivity index (χ1) is 10.9. The van der Waals surface area contributed by atoms with Gasteiger partial charge in [-0.3, -0.25) is 9.89 Å². The van der Waals surface area contributed by atoms with E-state index in [1.807, 2.05) is 0 Å². The van der Waals surface area contributed by atoms with Gasteiger partial charge in [0, 0.05) is 26.2 Å². The summed E-state index contributed by atoms with van der Waals surface area (Å²) in [5, 5.41) is 6.59. The van der Waals surface area contributed by atoms with Crippen LogP contribution in [0.2, 0.25) is 0 Å². The summed E-state index contributed by atoms with van der Waals surface area (Å²) < 4.78 is 5.82. The predicted molar refractivity (Wildman–Crippen MR) is 89.4 cm³/mol. The Morgan fingerprint density at radius 3 is 2.68 bits per heavy atom. The number of aliphatic imine (C=N–C) groups is 1. The van der Waals surface area contributed by atoms with Gasteiger partial charge in [-0.05, 0) is 50.0 Å². The molecule has 0 radical (unpaired) electrons. The van der Waals surface area contributed by atoms with Crippen LogP contribution in [0.1, 0.15) is 24.8 Å². The summed E-state index contributed by atoms with van der Waals surface area (Å²) in [6.07, 6.45) is 3.79. The summed E-state index contributed by atoms with van der Waals surface area (Å²) in [6.45, 7) is 6.99. The third-order valence-corrected chi connectivity index (χ3v) is 4.16. The second kappa shape index (κ2) is 8.03. The van der Waals surface area contributed by atoms with Crippen molar-refractivity contribution in [2.24, 2.45) is 4.99 Å². The van der Waals surface area contributed by atoms with Crippen molar-refractivity contribution in [2.75, 3.05) is 39.3 Å². The highest BCUT2D eigenvalue weighted by atomic mass is 16.5. The van der Waals surface area contributed by atoms with E-state index in [0.29, 0.717) is 0 Å². The highest BCUT2D eigenvalue weighted by Crippen LogP contribution is 2.13. The lowest BCUT2D eigenvalue weighted by Crippen LogP contribution is -2.40. The molecule has 2 aliphatic rings. The third kappa shape index (κ3) is 4.63. The monoisotopic (exact) mass is 302 g/mol. The summed E-state index contributed by atoms with van der Waals surface area (Å²) in [4.78, 5) is 6.87. The van der Waals surface area contributed by atoms with Gasteiger partial charge in [0.15, 0.2) is 5.96 Å². The molecule has 0 aromatic heterocycles. The molecule has 5 nitrogen and oxygen atoms in total. The fourth-order valence-electron chi connectivity index (χ4n) is 2.84. The zero-order chi connectivity index (χ0) is 15.0. The van der Waals surface area contributed by atoms with Crippen molar-refractivity contribution in [3.05, 3.63) is 29.8 Å². The Bertz CT molecular complexity index is 480. The standard InChI is InChI=1S/C17H26N4O/c1-2-11-21(10-1)12-13-22-16-6-4-15(5-7-16)14-20-17-18-8-3-9-19-17/h4-7H,1-3,8-14H2,(H2,18,19,20). The lowest BCUT2D eigenvalue weighted by molar-refractivity contribution is 0.238. The number of hydrogen-bond acceptors (Lipinski definition) is 5. The molecule has 3 rings (SSSR count). The van der Waals surface area contributed by atoms with E-state index in [1.165, 1.54) is 31.5 Å². The first-order valence-corrected chi connectivity index (χ1v) is 8.36. The minimum Gasteiger partial charge on any atom is -0.492 e. The van der Waals surface area contributed by atoms with Crippen LogP contribution in [-0.4, -0.2) is 50.2 Å². The summed E-state index contributed by atoms with van der Waals surface area (Å²) in [5.41, 5.74) is 1.24. The van der Waals surface area contributed by atoms with Crippen LogP contribution in [0.15, 0.2) is 29.3 Å². The van der Waals surface area contributed by atoms with E-state index in [2.05, 4.69) is 44.8 Å². The number of ether oxygens (including phenoxy) is 1.